The quantitative estimate of drug-likeness (QED) is 0.554. The number of halogens is 1. The Balaban J connectivity index is 2.59. The number of aliphatic carboxylic acids is 1. The third-order valence-electron chi connectivity index (χ3n) is 3.37. The molecule has 3 N–H and O–H groups in total. The van der Waals surface area contributed by atoms with Crippen LogP contribution < -0.4 is 15.4 Å². The van der Waals surface area contributed by atoms with Crippen LogP contribution in [-0.4, -0.2) is 47.1 Å². The van der Waals surface area contributed by atoms with Crippen molar-refractivity contribution in [3.05, 3.63) is 22.8 Å². The lowest BCUT2D eigenvalue weighted by molar-refractivity contribution is -0.142. The van der Waals surface area contributed by atoms with Crippen LogP contribution in [-0.2, 0) is 9.59 Å². The van der Waals surface area contributed by atoms with E-state index in [-0.39, 0.29) is 28.9 Å². The van der Waals surface area contributed by atoms with Gasteiger partial charge in [0, 0.05) is 6.20 Å². The number of nitrogens with one attached hydrogen (secondary N) is 2. The van der Waals surface area contributed by atoms with E-state index in [9.17, 15) is 14.4 Å². The molecule has 0 bridgehead atoms. The summed E-state index contributed by atoms with van der Waals surface area (Å²) >= 11 is 6.06. The molecule has 0 saturated carbocycles. The highest BCUT2D eigenvalue weighted by Crippen LogP contribution is 2.22. The first kappa shape index (κ1) is 22.7. The Morgan fingerprint density at radius 2 is 1.89 bits per heavy atom. The molecule has 2 amide bonds. The van der Waals surface area contributed by atoms with Crippen LogP contribution in [0.4, 0.5) is 0 Å². The van der Waals surface area contributed by atoms with E-state index in [1.807, 2.05) is 27.7 Å². The van der Waals surface area contributed by atoms with E-state index >= 15 is 0 Å². The summed E-state index contributed by atoms with van der Waals surface area (Å²) in [6, 6.07) is 0.402. The fourth-order valence-corrected chi connectivity index (χ4v) is 2.32. The van der Waals surface area contributed by atoms with Crippen LogP contribution in [0.25, 0.3) is 0 Å². The molecule has 1 aromatic heterocycles. The molecule has 1 aromatic rings. The van der Waals surface area contributed by atoms with Crippen LogP contribution in [0.15, 0.2) is 12.3 Å². The van der Waals surface area contributed by atoms with Gasteiger partial charge in [-0.25, -0.2) is 9.78 Å². The molecule has 0 fully saturated rings. The van der Waals surface area contributed by atoms with Crippen LogP contribution in [0.1, 0.15) is 44.5 Å². The average molecular weight is 400 g/mol. The molecule has 1 atom stereocenters. The fraction of sp³-hybridized carbons (Fsp3) is 0.556. The summed E-state index contributed by atoms with van der Waals surface area (Å²) in [5.41, 5.74) is 0.168. The molecule has 0 aliphatic rings. The van der Waals surface area contributed by atoms with Crippen LogP contribution >= 0.6 is 11.6 Å². The lowest BCUT2D eigenvalue weighted by atomic mass is 10.0. The zero-order chi connectivity index (χ0) is 20.6. The number of nitrogens with zero attached hydrogens (tertiary/aromatic N) is 1. The first-order chi connectivity index (χ1) is 12.6. The molecule has 1 heterocycles. The van der Waals surface area contributed by atoms with Crippen molar-refractivity contribution in [3.63, 3.8) is 0 Å². The van der Waals surface area contributed by atoms with Crippen LogP contribution in [0, 0.1) is 11.8 Å². The lowest BCUT2D eigenvalue weighted by Gasteiger charge is -2.16. The van der Waals surface area contributed by atoms with Gasteiger partial charge in [-0.1, -0.05) is 39.3 Å². The summed E-state index contributed by atoms with van der Waals surface area (Å²) in [4.78, 5) is 39.2. The second-order valence-corrected chi connectivity index (χ2v) is 7.39. The van der Waals surface area contributed by atoms with Gasteiger partial charge in [-0.3, -0.25) is 9.59 Å². The number of ether oxygens (including phenoxy) is 1. The van der Waals surface area contributed by atoms with Gasteiger partial charge in [0.1, 0.15) is 11.1 Å². The Morgan fingerprint density at radius 1 is 1.22 bits per heavy atom. The van der Waals surface area contributed by atoms with E-state index in [4.69, 9.17) is 21.4 Å². The number of aromatic nitrogens is 1. The van der Waals surface area contributed by atoms with Gasteiger partial charge < -0.3 is 20.5 Å². The molecule has 0 spiro atoms. The summed E-state index contributed by atoms with van der Waals surface area (Å²) in [5.74, 6) is -1.62. The zero-order valence-corrected chi connectivity index (χ0v) is 16.7. The summed E-state index contributed by atoms with van der Waals surface area (Å²) in [5, 5.41) is 14.1. The number of hydrogen-bond donors (Lipinski definition) is 3. The number of pyridine rings is 1. The molecule has 27 heavy (non-hydrogen) atoms. The third kappa shape index (κ3) is 8.25. The minimum Gasteiger partial charge on any atom is -0.480 e. The highest BCUT2D eigenvalue weighted by Gasteiger charge is 2.21. The van der Waals surface area contributed by atoms with Gasteiger partial charge in [0.05, 0.1) is 18.7 Å². The van der Waals surface area contributed by atoms with Crippen molar-refractivity contribution in [2.24, 2.45) is 11.8 Å². The summed E-state index contributed by atoms with van der Waals surface area (Å²) < 4.78 is 5.43. The molecule has 0 radical (unpaired) electrons. The standard InChI is InChI=1S/C18H26ClN3O5/c1-10(2)5-14(18(25)26)22-15(23)8-20-16(24)12-6-13(19)17(21-7-12)27-9-11(3)4/h6-7,10-11,14H,5,8-9H2,1-4H3,(H,20,24)(H,22,23)(H,25,26)/t14-/m0/s1. The summed E-state index contributed by atoms with van der Waals surface area (Å²) in [7, 11) is 0. The Hall–Kier alpha value is -2.35. The van der Waals surface area contributed by atoms with E-state index < -0.39 is 23.8 Å². The van der Waals surface area contributed by atoms with Crippen molar-refractivity contribution in [1.82, 2.24) is 15.6 Å². The van der Waals surface area contributed by atoms with E-state index in [0.29, 0.717) is 18.9 Å². The molecule has 0 unspecified atom stereocenters. The molecule has 1 rings (SSSR count). The topological polar surface area (TPSA) is 118 Å². The maximum atomic E-state index is 12.1. The second kappa shape index (κ2) is 10.7. The Morgan fingerprint density at radius 3 is 2.41 bits per heavy atom. The Kier molecular flexibility index (Phi) is 9.00. The van der Waals surface area contributed by atoms with Gasteiger partial charge in [-0.2, -0.15) is 0 Å². The number of amides is 2. The highest BCUT2D eigenvalue weighted by atomic mass is 35.5. The normalized spacial score (nSPS) is 12.0. The number of rotatable bonds is 10. The van der Waals surface area contributed by atoms with Crippen molar-refractivity contribution in [2.75, 3.05) is 13.2 Å². The van der Waals surface area contributed by atoms with E-state index in [1.165, 1.54) is 12.3 Å². The van der Waals surface area contributed by atoms with Crippen molar-refractivity contribution in [3.8, 4) is 5.88 Å². The number of carbonyl (C=O) groups is 3. The molecule has 0 aromatic carbocycles. The van der Waals surface area contributed by atoms with E-state index in [1.54, 1.807) is 0 Å². The second-order valence-electron chi connectivity index (χ2n) is 6.99. The van der Waals surface area contributed by atoms with Crippen LogP contribution in [0.5, 0.6) is 5.88 Å². The fourth-order valence-electron chi connectivity index (χ4n) is 2.10. The maximum absolute atomic E-state index is 12.1. The third-order valence-corrected chi connectivity index (χ3v) is 3.64. The SMILES string of the molecule is CC(C)COc1ncc(C(=O)NCC(=O)N[C@@H](CC(C)C)C(=O)O)cc1Cl. The molecule has 8 nitrogen and oxygen atoms in total. The molecular formula is C18H26ClN3O5. The lowest BCUT2D eigenvalue weighted by Crippen LogP contribution is -2.46. The Bertz CT molecular complexity index is 679. The highest BCUT2D eigenvalue weighted by molar-refractivity contribution is 6.32. The predicted molar refractivity (Wildman–Crippen MR) is 101 cm³/mol. The molecule has 9 heteroatoms. The van der Waals surface area contributed by atoms with Gasteiger partial charge in [0.25, 0.3) is 5.91 Å². The molecule has 150 valence electrons. The van der Waals surface area contributed by atoms with Gasteiger partial charge >= 0.3 is 5.97 Å². The van der Waals surface area contributed by atoms with Crippen molar-refractivity contribution in [1.29, 1.82) is 0 Å². The maximum Gasteiger partial charge on any atom is 0.326 e. The van der Waals surface area contributed by atoms with Gasteiger partial charge in [0.15, 0.2) is 0 Å². The summed E-state index contributed by atoms with van der Waals surface area (Å²) in [6.07, 6.45) is 1.60. The first-order valence-electron chi connectivity index (χ1n) is 8.68. The van der Waals surface area contributed by atoms with Crippen molar-refractivity contribution < 1.29 is 24.2 Å². The molecule has 0 aliphatic heterocycles. The number of carboxylic acid groups (broad SMARTS) is 1. The number of carbonyl (C=O) groups excluding carboxylic acids is 2. The smallest absolute Gasteiger partial charge is 0.326 e. The first-order valence-corrected chi connectivity index (χ1v) is 9.06. The monoisotopic (exact) mass is 399 g/mol. The minimum absolute atomic E-state index is 0.102. The van der Waals surface area contributed by atoms with Crippen molar-refractivity contribution in [2.45, 2.75) is 40.2 Å². The van der Waals surface area contributed by atoms with Crippen molar-refractivity contribution >= 4 is 29.4 Å². The van der Waals surface area contributed by atoms with E-state index in [2.05, 4.69) is 15.6 Å². The molecule has 0 aliphatic carbocycles. The van der Waals surface area contributed by atoms with Gasteiger partial charge in [-0.15, -0.1) is 0 Å². The largest absolute Gasteiger partial charge is 0.480 e. The van der Waals surface area contributed by atoms with E-state index in [0.717, 1.165) is 0 Å². The van der Waals surface area contributed by atoms with Gasteiger partial charge in [0.2, 0.25) is 11.8 Å². The van der Waals surface area contributed by atoms with Gasteiger partial charge in [-0.05, 0) is 24.3 Å². The molecular weight excluding hydrogens is 374 g/mol. The predicted octanol–water partition coefficient (Wildman–Crippen LogP) is 2.12. The van der Waals surface area contributed by atoms with Crippen LogP contribution in [0.2, 0.25) is 5.02 Å². The zero-order valence-electron chi connectivity index (χ0n) is 15.9. The molecule has 0 saturated heterocycles. The number of hydrogen-bond acceptors (Lipinski definition) is 5. The Labute approximate surface area is 163 Å². The average Bonchev–Trinajstić information content (AvgIpc) is 2.57. The number of carboxylic acids is 1. The van der Waals surface area contributed by atoms with Crippen LogP contribution in [0.3, 0.4) is 0 Å². The minimum atomic E-state index is -1.11. The summed E-state index contributed by atoms with van der Waals surface area (Å²) in [6.45, 7) is 7.77.